The Kier molecular flexibility index (Phi) is 2.83. The van der Waals surface area contributed by atoms with Crippen molar-refractivity contribution in [2.45, 2.75) is 24.0 Å². The highest BCUT2D eigenvalue weighted by atomic mass is 32.2. The molecule has 0 N–H and O–H groups in total. The minimum atomic E-state index is -3.45. The van der Waals surface area contributed by atoms with Crippen molar-refractivity contribution in [2.24, 2.45) is 0 Å². The van der Waals surface area contributed by atoms with Crippen molar-refractivity contribution < 1.29 is 17.9 Å². The number of carbonyl (C=O) groups excluding carboxylic acids is 1. The topological polar surface area (TPSA) is 63.7 Å². The molecule has 2 rings (SSSR count). The van der Waals surface area contributed by atoms with Gasteiger partial charge in [-0.05, 0) is 19.3 Å². The largest absolute Gasteiger partial charge is 0.379 e. The molecule has 5 nitrogen and oxygen atoms in total. The number of rotatable bonds is 3. The van der Waals surface area contributed by atoms with E-state index in [2.05, 4.69) is 0 Å². The molecule has 0 atom stereocenters. The summed E-state index contributed by atoms with van der Waals surface area (Å²) in [5, 5.41) is 0. The molecule has 15 heavy (non-hydrogen) atoms. The molecule has 1 saturated carbocycles. The summed E-state index contributed by atoms with van der Waals surface area (Å²) in [7, 11) is -3.45. The number of carbonyl (C=O) groups is 1. The highest BCUT2D eigenvalue weighted by Gasteiger charge is 2.51. The maximum atomic E-state index is 12.2. The molecule has 2 aliphatic rings. The summed E-state index contributed by atoms with van der Waals surface area (Å²) < 4.78 is 29.7. The maximum absolute atomic E-state index is 12.2. The fraction of sp³-hybridized carbons (Fsp3) is 0.889. The van der Waals surface area contributed by atoms with Crippen LogP contribution in [0.4, 0.5) is 0 Å². The van der Waals surface area contributed by atoms with Gasteiger partial charge in [-0.2, -0.15) is 4.31 Å². The Balaban J connectivity index is 2.21. The van der Waals surface area contributed by atoms with Crippen LogP contribution in [0.25, 0.3) is 0 Å². The predicted molar refractivity (Wildman–Crippen MR) is 54.0 cm³/mol. The van der Waals surface area contributed by atoms with Gasteiger partial charge in [-0.25, -0.2) is 8.42 Å². The van der Waals surface area contributed by atoms with E-state index in [4.69, 9.17) is 4.74 Å². The van der Waals surface area contributed by atoms with E-state index in [0.29, 0.717) is 45.4 Å². The van der Waals surface area contributed by atoms with Crippen LogP contribution in [0.5, 0.6) is 0 Å². The third-order valence-electron chi connectivity index (χ3n) is 3.24. The quantitative estimate of drug-likeness (QED) is 0.632. The number of hydrogen-bond acceptors (Lipinski definition) is 4. The number of aldehydes is 1. The zero-order valence-electron chi connectivity index (χ0n) is 8.52. The molecular weight excluding hydrogens is 218 g/mol. The molecule has 0 spiro atoms. The molecule has 0 unspecified atom stereocenters. The zero-order chi connectivity index (χ0) is 10.9. The Morgan fingerprint density at radius 1 is 1.20 bits per heavy atom. The van der Waals surface area contributed by atoms with Crippen LogP contribution in [-0.2, 0) is 19.6 Å². The van der Waals surface area contributed by atoms with E-state index in [0.717, 1.165) is 6.42 Å². The van der Waals surface area contributed by atoms with Crippen LogP contribution in [0.1, 0.15) is 19.3 Å². The highest BCUT2D eigenvalue weighted by Crippen LogP contribution is 2.39. The highest BCUT2D eigenvalue weighted by molar-refractivity contribution is 7.91. The Morgan fingerprint density at radius 3 is 2.20 bits per heavy atom. The van der Waals surface area contributed by atoms with Crippen LogP contribution in [0.3, 0.4) is 0 Å². The smallest absolute Gasteiger partial charge is 0.226 e. The van der Waals surface area contributed by atoms with Crippen molar-refractivity contribution in [3.05, 3.63) is 0 Å². The molecular formula is C9H15NO4S. The van der Waals surface area contributed by atoms with Gasteiger partial charge in [0.25, 0.3) is 0 Å². The summed E-state index contributed by atoms with van der Waals surface area (Å²) in [6.45, 7) is 1.60. The molecule has 0 amide bonds. The standard InChI is InChI=1S/C9H15NO4S/c11-8-9(2-1-3-9)15(12,13)10-4-6-14-7-5-10/h8H,1-7H2. The molecule has 1 aliphatic carbocycles. The average Bonchev–Trinajstić information content (AvgIpc) is 2.18. The summed E-state index contributed by atoms with van der Waals surface area (Å²) in [5.74, 6) is 0. The first kappa shape index (κ1) is 11.0. The van der Waals surface area contributed by atoms with Crippen molar-refractivity contribution in [3.8, 4) is 0 Å². The summed E-state index contributed by atoms with van der Waals surface area (Å²) in [6.07, 6.45) is 2.37. The Bertz CT molecular complexity index is 341. The first-order valence-electron chi connectivity index (χ1n) is 5.16. The van der Waals surface area contributed by atoms with E-state index < -0.39 is 14.8 Å². The Morgan fingerprint density at radius 2 is 1.80 bits per heavy atom. The minimum Gasteiger partial charge on any atom is -0.379 e. The lowest BCUT2D eigenvalue weighted by molar-refractivity contribution is -0.111. The number of sulfonamides is 1. The molecule has 0 aromatic carbocycles. The molecule has 1 aliphatic heterocycles. The fourth-order valence-corrected chi connectivity index (χ4v) is 4.08. The summed E-state index contributed by atoms with van der Waals surface area (Å²) >= 11 is 0. The lowest BCUT2D eigenvalue weighted by atomic mass is 9.86. The van der Waals surface area contributed by atoms with Crippen LogP contribution in [0.2, 0.25) is 0 Å². The second-order valence-corrected chi connectivity index (χ2v) is 6.33. The van der Waals surface area contributed by atoms with Crippen LogP contribution in [0, 0.1) is 0 Å². The minimum absolute atomic E-state index is 0.373. The summed E-state index contributed by atoms with van der Waals surface area (Å²) in [6, 6.07) is 0. The summed E-state index contributed by atoms with van der Waals surface area (Å²) in [4.78, 5) is 11.0. The van der Waals surface area contributed by atoms with Crippen molar-refractivity contribution in [3.63, 3.8) is 0 Å². The molecule has 86 valence electrons. The maximum Gasteiger partial charge on any atom is 0.226 e. The van der Waals surface area contributed by atoms with Gasteiger partial charge in [-0.1, -0.05) is 0 Å². The lowest BCUT2D eigenvalue weighted by Gasteiger charge is -2.40. The number of ether oxygens (including phenoxy) is 1. The van der Waals surface area contributed by atoms with E-state index in [1.165, 1.54) is 4.31 Å². The number of nitrogens with zero attached hydrogens (tertiary/aromatic N) is 1. The molecule has 2 fully saturated rings. The van der Waals surface area contributed by atoms with Gasteiger partial charge in [0.1, 0.15) is 11.0 Å². The van der Waals surface area contributed by atoms with Gasteiger partial charge in [-0.3, -0.25) is 0 Å². The van der Waals surface area contributed by atoms with E-state index in [9.17, 15) is 13.2 Å². The molecule has 0 bridgehead atoms. The average molecular weight is 233 g/mol. The first-order chi connectivity index (χ1) is 7.12. The molecule has 0 aromatic heterocycles. The van der Waals surface area contributed by atoms with Gasteiger partial charge in [-0.15, -0.1) is 0 Å². The van der Waals surface area contributed by atoms with Gasteiger partial charge >= 0.3 is 0 Å². The van der Waals surface area contributed by atoms with E-state index in [-0.39, 0.29) is 0 Å². The third kappa shape index (κ3) is 1.60. The monoisotopic (exact) mass is 233 g/mol. The van der Waals surface area contributed by atoms with Crippen molar-refractivity contribution in [1.82, 2.24) is 4.31 Å². The van der Waals surface area contributed by atoms with Gasteiger partial charge in [0.2, 0.25) is 10.0 Å². The molecule has 0 aromatic rings. The normalized spacial score (nSPS) is 26.9. The van der Waals surface area contributed by atoms with Crippen LogP contribution >= 0.6 is 0 Å². The van der Waals surface area contributed by atoms with Crippen LogP contribution in [0.15, 0.2) is 0 Å². The molecule has 0 radical (unpaired) electrons. The lowest BCUT2D eigenvalue weighted by Crippen LogP contribution is -2.56. The van der Waals surface area contributed by atoms with Crippen LogP contribution in [-0.4, -0.2) is 50.1 Å². The Hall–Kier alpha value is -0.460. The van der Waals surface area contributed by atoms with Gasteiger partial charge in [0.05, 0.1) is 13.2 Å². The number of morpholine rings is 1. The first-order valence-corrected chi connectivity index (χ1v) is 6.60. The van der Waals surface area contributed by atoms with Crippen molar-refractivity contribution >= 4 is 16.3 Å². The van der Waals surface area contributed by atoms with Gasteiger partial charge in [0, 0.05) is 13.1 Å². The van der Waals surface area contributed by atoms with E-state index in [1.807, 2.05) is 0 Å². The SMILES string of the molecule is O=CC1(S(=O)(=O)N2CCOCC2)CCC1. The molecule has 1 saturated heterocycles. The van der Waals surface area contributed by atoms with Gasteiger partial charge < -0.3 is 9.53 Å². The molecule has 6 heteroatoms. The fourth-order valence-electron chi connectivity index (χ4n) is 2.01. The summed E-state index contributed by atoms with van der Waals surface area (Å²) in [5.41, 5.74) is 0. The number of hydrogen-bond donors (Lipinski definition) is 0. The van der Waals surface area contributed by atoms with E-state index in [1.54, 1.807) is 0 Å². The Labute approximate surface area is 89.4 Å². The predicted octanol–water partition coefficient (Wildman–Crippen LogP) is -0.230. The van der Waals surface area contributed by atoms with Crippen molar-refractivity contribution in [2.75, 3.05) is 26.3 Å². The van der Waals surface area contributed by atoms with Crippen LogP contribution < -0.4 is 0 Å². The van der Waals surface area contributed by atoms with E-state index >= 15 is 0 Å². The second kappa shape index (κ2) is 3.84. The third-order valence-corrected chi connectivity index (χ3v) is 5.82. The zero-order valence-corrected chi connectivity index (χ0v) is 9.33. The van der Waals surface area contributed by atoms with Crippen molar-refractivity contribution in [1.29, 1.82) is 0 Å². The second-order valence-electron chi connectivity index (χ2n) is 4.05. The molecule has 1 heterocycles. The van der Waals surface area contributed by atoms with Gasteiger partial charge in [0.15, 0.2) is 0 Å².